The summed E-state index contributed by atoms with van der Waals surface area (Å²) in [5.41, 5.74) is 1.93. The molecule has 0 spiro atoms. The zero-order valence-corrected chi connectivity index (χ0v) is 20.4. The maximum atomic E-state index is 14.1. The van der Waals surface area contributed by atoms with Gasteiger partial charge in [0.2, 0.25) is 0 Å². The Labute approximate surface area is 201 Å². The average Bonchev–Trinajstić information content (AvgIpc) is 2.81. The number of piperazine rings is 1. The van der Waals surface area contributed by atoms with Crippen molar-refractivity contribution in [1.29, 1.82) is 0 Å². The van der Waals surface area contributed by atoms with Crippen LogP contribution in [0.4, 0.5) is 10.1 Å². The summed E-state index contributed by atoms with van der Waals surface area (Å²) in [6.07, 6.45) is 2.36. The van der Waals surface area contributed by atoms with Crippen LogP contribution in [0, 0.1) is 11.7 Å². The van der Waals surface area contributed by atoms with Crippen molar-refractivity contribution in [3.8, 4) is 0 Å². The standard InChI is InChI=1S/C24H31FN4O.HI/c1-26-24(29-15-13-28(14-16-29)22-12-6-5-11-21(22)25)27-18-20-10-7-17-30-23(20)19-8-3-2-4-9-19;/h2-6,8-9,11-12,20,23H,7,10,13-18H2,1H3,(H,26,27);1H. The van der Waals surface area contributed by atoms with Crippen LogP contribution in [0.5, 0.6) is 0 Å². The molecule has 0 aromatic heterocycles. The molecular formula is C24H32FIN4O. The molecule has 168 valence electrons. The van der Waals surface area contributed by atoms with E-state index < -0.39 is 0 Å². The lowest BCUT2D eigenvalue weighted by atomic mass is 9.89. The largest absolute Gasteiger partial charge is 0.373 e. The molecule has 0 aliphatic carbocycles. The van der Waals surface area contributed by atoms with Crippen LogP contribution in [0.1, 0.15) is 24.5 Å². The molecule has 1 N–H and O–H groups in total. The maximum absolute atomic E-state index is 14.1. The van der Waals surface area contributed by atoms with E-state index in [-0.39, 0.29) is 35.9 Å². The number of ether oxygens (including phenoxy) is 1. The van der Waals surface area contributed by atoms with Gasteiger partial charge in [0.1, 0.15) is 5.82 Å². The van der Waals surface area contributed by atoms with Crippen molar-refractivity contribution in [1.82, 2.24) is 10.2 Å². The van der Waals surface area contributed by atoms with Crippen molar-refractivity contribution in [2.75, 3.05) is 51.3 Å². The number of guanidine groups is 1. The van der Waals surface area contributed by atoms with Crippen LogP contribution in [0.3, 0.4) is 0 Å². The zero-order valence-electron chi connectivity index (χ0n) is 18.0. The molecule has 2 saturated heterocycles. The molecule has 4 rings (SSSR count). The van der Waals surface area contributed by atoms with Gasteiger partial charge in [-0.1, -0.05) is 42.5 Å². The van der Waals surface area contributed by atoms with E-state index in [4.69, 9.17) is 4.74 Å². The number of halogens is 2. The first-order valence-corrected chi connectivity index (χ1v) is 10.9. The second kappa shape index (κ2) is 11.7. The van der Waals surface area contributed by atoms with Gasteiger partial charge in [0.15, 0.2) is 5.96 Å². The molecule has 2 heterocycles. The summed E-state index contributed by atoms with van der Waals surface area (Å²) in [5, 5.41) is 3.58. The zero-order chi connectivity index (χ0) is 20.8. The van der Waals surface area contributed by atoms with Crippen molar-refractivity contribution in [2.24, 2.45) is 10.9 Å². The van der Waals surface area contributed by atoms with Gasteiger partial charge >= 0.3 is 0 Å². The third kappa shape index (κ3) is 5.88. The van der Waals surface area contributed by atoms with Crippen LogP contribution in [0.25, 0.3) is 0 Å². The highest BCUT2D eigenvalue weighted by atomic mass is 127. The molecule has 2 aliphatic rings. The first-order chi connectivity index (χ1) is 14.8. The van der Waals surface area contributed by atoms with Crippen LogP contribution >= 0.6 is 24.0 Å². The molecule has 7 heteroatoms. The van der Waals surface area contributed by atoms with E-state index in [1.165, 1.54) is 11.6 Å². The molecular weight excluding hydrogens is 506 g/mol. The Balaban J connectivity index is 0.00000272. The maximum Gasteiger partial charge on any atom is 0.193 e. The number of hydrogen-bond donors (Lipinski definition) is 1. The summed E-state index contributed by atoms with van der Waals surface area (Å²) < 4.78 is 20.2. The van der Waals surface area contributed by atoms with Crippen molar-refractivity contribution >= 4 is 35.6 Å². The Morgan fingerprint density at radius 3 is 2.48 bits per heavy atom. The van der Waals surface area contributed by atoms with E-state index in [9.17, 15) is 4.39 Å². The molecule has 0 saturated carbocycles. The molecule has 5 nitrogen and oxygen atoms in total. The van der Waals surface area contributed by atoms with Gasteiger partial charge in [0, 0.05) is 52.3 Å². The number of hydrogen-bond acceptors (Lipinski definition) is 3. The second-order valence-electron chi connectivity index (χ2n) is 7.96. The van der Waals surface area contributed by atoms with Gasteiger partial charge in [-0.2, -0.15) is 0 Å². The quantitative estimate of drug-likeness (QED) is 0.358. The number of anilines is 1. The van der Waals surface area contributed by atoms with Crippen molar-refractivity contribution < 1.29 is 9.13 Å². The Morgan fingerprint density at radius 1 is 1.06 bits per heavy atom. The van der Waals surface area contributed by atoms with E-state index in [0.717, 1.165) is 58.1 Å². The van der Waals surface area contributed by atoms with Gasteiger partial charge < -0.3 is 19.9 Å². The minimum atomic E-state index is -0.155. The van der Waals surface area contributed by atoms with Gasteiger partial charge in [-0.15, -0.1) is 24.0 Å². The van der Waals surface area contributed by atoms with E-state index in [2.05, 4.69) is 44.4 Å². The summed E-state index contributed by atoms with van der Waals surface area (Å²) in [7, 11) is 1.83. The van der Waals surface area contributed by atoms with E-state index in [1.54, 1.807) is 6.07 Å². The number of aliphatic imine (C=N–C) groups is 1. The van der Waals surface area contributed by atoms with E-state index in [1.807, 2.05) is 25.2 Å². The summed E-state index contributed by atoms with van der Waals surface area (Å²) in [6, 6.07) is 17.5. The molecule has 31 heavy (non-hydrogen) atoms. The van der Waals surface area contributed by atoms with Crippen molar-refractivity contribution in [2.45, 2.75) is 18.9 Å². The fourth-order valence-electron chi connectivity index (χ4n) is 4.49. The first kappa shape index (κ1) is 23.8. The van der Waals surface area contributed by atoms with E-state index in [0.29, 0.717) is 11.6 Å². The highest BCUT2D eigenvalue weighted by molar-refractivity contribution is 14.0. The summed E-state index contributed by atoms with van der Waals surface area (Å²) in [4.78, 5) is 8.88. The Hall–Kier alpha value is -1.87. The molecule has 2 aromatic carbocycles. The topological polar surface area (TPSA) is 40.1 Å². The number of nitrogens with zero attached hydrogens (tertiary/aromatic N) is 3. The third-order valence-electron chi connectivity index (χ3n) is 6.08. The molecule has 0 bridgehead atoms. The number of nitrogens with one attached hydrogen (secondary N) is 1. The normalized spacial score (nSPS) is 22.1. The van der Waals surface area contributed by atoms with Crippen LogP contribution in [0.15, 0.2) is 59.6 Å². The third-order valence-corrected chi connectivity index (χ3v) is 6.08. The summed E-state index contributed by atoms with van der Waals surface area (Å²) >= 11 is 0. The highest BCUT2D eigenvalue weighted by Gasteiger charge is 2.28. The van der Waals surface area contributed by atoms with Crippen LogP contribution in [-0.4, -0.2) is 57.2 Å². The van der Waals surface area contributed by atoms with Gasteiger partial charge in [0.25, 0.3) is 0 Å². The highest BCUT2D eigenvalue weighted by Crippen LogP contribution is 2.33. The van der Waals surface area contributed by atoms with Crippen molar-refractivity contribution in [3.05, 3.63) is 66.0 Å². The van der Waals surface area contributed by atoms with Crippen LogP contribution < -0.4 is 10.2 Å². The summed E-state index contributed by atoms with van der Waals surface area (Å²) in [6.45, 7) is 4.85. The minimum absolute atomic E-state index is 0. The Morgan fingerprint density at radius 2 is 1.77 bits per heavy atom. The molecule has 2 fully saturated rings. The lowest BCUT2D eigenvalue weighted by molar-refractivity contribution is -0.0266. The Bertz CT molecular complexity index is 842. The smallest absolute Gasteiger partial charge is 0.193 e. The van der Waals surface area contributed by atoms with Gasteiger partial charge in [-0.05, 0) is 30.5 Å². The average molecular weight is 538 g/mol. The van der Waals surface area contributed by atoms with E-state index >= 15 is 0 Å². The lowest BCUT2D eigenvalue weighted by Gasteiger charge is -2.38. The molecule has 0 radical (unpaired) electrons. The van der Waals surface area contributed by atoms with Crippen LogP contribution in [0.2, 0.25) is 0 Å². The number of benzene rings is 2. The predicted octanol–water partition coefficient (Wildman–Crippen LogP) is 4.31. The van der Waals surface area contributed by atoms with Gasteiger partial charge in [-0.25, -0.2) is 4.39 Å². The lowest BCUT2D eigenvalue weighted by Crippen LogP contribution is -2.53. The van der Waals surface area contributed by atoms with Gasteiger partial charge in [-0.3, -0.25) is 4.99 Å². The molecule has 2 atom stereocenters. The second-order valence-corrected chi connectivity index (χ2v) is 7.96. The molecule has 2 unspecified atom stereocenters. The molecule has 2 aliphatic heterocycles. The van der Waals surface area contributed by atoms with Crippen LogP contribution in [-0.2, 0) is 4.74 Å². The SMILES string of the molecule is CN=C(NCC1CCCOC1c1ccccc1)N1CCN(c2ccccc2F)CC1.I. The molecule has 2 aromatic rings. The Kier molecular flexibility index (Phi) is 8.95. The van der Waals surface area contributed by atoms with Crippen molar-refractivity contribution in [3.63, 3.8) is 0 Å². The summed E-state index contributed by atoms with van der Waals surface area (Å²) in [5.74, 6) is 1.18. The number of para-hydroxylation sites is 1. The molecule has 0 amide bonds. The number of rotatable bonds is 4. The minimum Gasteiger partial charge on any atom is -0.373 e. The predicted molar refractivity (Wildman–Crippen MR) is 135 cm³/mol. The fourth-order valence-corrected chi connectivity index (χ4v) is 4.49. The van der Waals surface area contributed by atoms with Gasteiger partial charge in [0.05, 0.1) is 11.8 Å². The first-order valence-electron chi connectivity index (χ1n) is 10.9. The monoisotopic (exact) mass is 538 g/mol. The fraction of sp³-hybridized carbons (Fsp3) is 0.458.